The lowest BCUT2D eigenvalue weighted by Crippen LogP contribution is -2.09. The highest BCUT2D eigenvalue weighted by Crippen LogP contribution is 2.40. The van der Waals surface area contributed by atoms with Crippen molar-refractivity contribution in [2.24, 2.45) is 0 Å². The van der Waals surface area contributed by atoms with E-state index in [0.717, 1.165) is 22.7 Å². The van der Waals surface area contributed by atoms with Crippen LogP contribution >= 0.6 is 0 Å². The van der Waals surface area contributed by atoms with E-state index in [-0.39, 0.29) is 0 Å². The van der Waals surface area contributed by atoms with Crippen LogP contribution in [0.1, 0.15) is 0 Å². The molecule has 0 amide bonds. The summed E-state index contributed by atoms with van der Waals surface area (Å²) >= 11 is 0. The Labute approximate surface area is 303 Å². The molecule has 0 radical (unpaired) electrons. The van der Waals surface area contributed by atoms with Gasteiger partial charge in [-0.05, 0) is 104 Å². The molecule has 1 aromatic heterocycles. The molecular formula is C50H34N2. The summed E-state index contributed by atoms with van der Waals surface area (Å²) in [6.45, 7) is 0. The van der Waals surface area contributed by atoms with Gasteiger partial charge in [-0.2, -0.15) is 0 Å². The van der Waals surface area contributed by atoms with Crippen molar-refractivity contribution in [2.75, 3.05) is 4.90 Å². The minimum Gasteiger partial charge on any atom is -0.311 e. The molecule has 9 aromatic carbocycles. The number of aromatic nitrogens is 1. The number of hydrogen-bond acceptors (Lipinski definition) is 1. The molecule has 0 atom stereocenters. The van der Waals surface area contributed by atoms with E-state index >= 15 is 0 Å². The van der Waals surface area contributed by atoms with Crippen molar-refractivity contribution in [3.8, 4) is 27.9 Å². The van der Waals surface area contributed by atoms with Crippen molar-refractivity contribution in [1.82, 2.24) is 4.57 Å². The predicted molar refractivity (Wildman–Crippen MR) is 221 cm³/mol. The molecule has 0 spiro atoms. The summed E-state index contributed by atoms with van der Waals surface area (Å²) in [6.07, 6.45) is 0. The molecule has 0 fully saturated rings. The number of anilines is 3. The summed E-state index contributed by atoms with van der Waals surface area (Å²) in [5, 5.41) is 7.62. The van der Waals surface area contributed by atoms with Gasteiger partial charge >= 0.3 is 0 Å². The Bertz CT molecular complexity index is 2860. The van der Waals surface area contributed by atoms with Gasteiger partial charge in [0.1, 0.15) is 0 Å². The molecule has 2 nitrogen and oxygen atoms in total. The zero-order valence-electron chi connectivity index (χ0n) is 28.5. The molecular weight excluding hydrogens is 629 g/mol. The third kappa shape index (κ3) is 5.04. The van der Waals surface area contributed by atoms with Gasteiger partial charge in [0.05, 0.1) is 11.0 Å². The number of nitrogens with zero attached hydrogens (tertiary/aromatic N) is 2. The number of para-hydroxylation sites is 2. The first kappa shape index (κ1) is 30.0. The summed E-state index contributed by atoms with van der Waals surface area (Å²) in [7, 11) is 0. The zero-order valence-corrected chi connectivity index (χ0v) is 28.5. The first-order chi connectivity index (χ1) is 25.8. The maximum absolute atomic E-state index is 2.41. The lowest BCUT2D eigenvalue weighted by molar-refractivity contribution is 1.18. The molecule has 0 bridgehead atoms. The van der Waals surface area contributed by atoms with Gasteiger partial charge in [0, 0.05) is 33.5 Å². The zero-order chi connectivity index (χ0) is 34.4. The summed E-state index contributed by atoms with van der Waals surface area (Å²) in [6, 6.07) is 74.6. The summed E-state index contributed by atoms with van der Waals surface area (Å²) in [5.41, 5.74) is 11.8. The van der Waals surface area contributed by atoms with E-state index < -0.39 is 0 Å². The van der Waals surface area contributed by atoms with Gasteiger partial charge in [-0.3, -0.25) is 0 Å². The lowest BCUT2D eigenvalue weighted by Gasteiger charge is -2.26. The molecule has 0 aliphatic rings. The molecule has 10 aromatic rings. The molecule has 0 saturated heterocycles. The summed E-state index contributed by atoms with van der Waals surface area (Å²) in [5.74, 6) is 0. The van der Waals surface area contributed by atoms with Gasteiger partial charge in [0.25, 0.3) is 0 Å². The van der Waals surface area contributed by atoms with Crippen LogP contribution in [0.2, 0.25) is 0 Å². The Balaban J connectivity index is 1.06. The molecule has 0 aliphatic heterocycles. The first-order valence-electron chi connectivity index (χ1n) is 17.9. The van der Waals surface area contributed by atoms with Gasteiger partial charge < -0.3 is 9.47 Å². The van der Waals surface area contributed by atoms with Crippen LogP contribution in [0.4, 0.5) is 17.1 Å². The van der Waals surface area contributed by atoms with Crippen LogP contribution in [0.25, 0.3) is 71.3 Å². The second-order valence-electron chi connectivity index (χ2n) is 13.4. The highest BCUT2D eigenvalue weighted by Gasteiger charge is 2.17. The van der Waals surface area contributed by atoms with Crippen LogP contribution in [0.3, 0.4) is 0 Å². The van der Waals surface area contributed by atoms with Crippen molar-refractivity contribution in [3.63, 3.8) is 0 Å². The van der Waals surface area contributed by atoms with E-state index in [9.17, 15) is 0 Å². The fourth-order valence-electron chi connectivity index (χ4n) is 7.92. The summed E-state index contributed by atoms with van der Waals surface area (Å²) in [4.78, 5) is 2.33. The van der Waals surface area contributed by atoms with E-state index in [1.165, 1.54) is 65.6 Å². The third-order valence-electron chi connectivity index (χ3n) is 10.4. The molecule has 1 heterocycles. The number of rotatable bonds is 6. The quantitative estimate of drug-likeness (QED) is 0.172. The second-order valence-corrected chi connectivity index (χ2v) is 13.4. The third-order valence-corrected chi connectivity index (χ3v) is 10.4. The fourth-order valence-corrected chi connectivity index (χ4v) is 7.92. The predicted octanol–water partition coefficient (Wildman–Crippen LogP) is 13.9. The maximum Gasteiger partial charge on any atom is 0.0547 e. The smallest absolute Gasteiger partial charge is 0.0547 e. The highest BCUT2D eigenvalue weighted by atomic mass is 15.1. The number of hydrogen-bond donors (Lipinski definition) is 0. The van der Waals surface area contributed by atoms with Crippen molar-refractivity contribution in [1.29, 1.82) is 0 Å². The van der Waals surface area contributed by atoms with E-state index in [1.54, 1.807) is 0 Å². The molecule has 0 saturated carbocycles. The minimum absolute atomic E-state index is 1.11. The molecule has 244 valence electrons. The van der Waals surface area contributed by atoms with Gasteiger partial charge in [0.15, 0.2) is 0 Å². The van der Waals surface area contributed by atoms with Gasteiger partial charge in [-0.25, -0.2) is 0 Å². The topological polar surface area (TPSA) is 8.17 Å². The van der Waals surface area contributed by atoms with E-state index in [4.69, 9.17) is 0 Å². The van der Waals surface area contributed by atoms with Crippen molar-refractivity contribution in [3.05, 3.63) is 206 Å². The Morgan fingerprint density at radius 1 is 0.327 bits per heavy atom. The van der Waals surface area contributed by atoms with E-state index in [1.807, 2.05) is 0 Å². The molecule has 0 aliphatic carbocycles. The van der Waals surface area contributed by atoms with Crippen molar-refractivity contribution < 1.29 is 0 Å². The van der Waals surface area contributed by atoms with Crippen LogP contribution in [-0.4, -0.2) is 4.57 Å². The van der Waals surface area contributed by atoms with Crippen LogP contribution in [0.5, 0.6) is 0 Å². The maximum atomic E-state index is 2.41. The Morgan fingerprint density at radius 3 is 1.62 bits per heavy atom. The Morgan fingerprint density at radius 2 is 0.885 bits per heavy atom. The largest absolute Gasteiger partial charge is 0.311 e. The lowest BCUT2D eigenvalue weighted by atomic mass is 9.98. The van der Waals surface area contributed by atoms with Crippen LogP contribution in [0.15, 0.2) is 206 Å². The first-order valence-corrected chi connectivity index (χ1v) is 17.9. The second kappa shape index (κ2) is 12.5. The number of benzene rings is 9. The van der Waals surface area contributed by atoms with Gasteiger partial charge in [-0.15, -0.1) is 0 Å². The van der Waals surface area contributed by atoms with Crippen LogP contribution in [0, 0.1) is 0 Å². The standard InChI is InChI=1S/C50H34N2/c1-3-15-40(16-4-1)51(43-30-24-38(25-31-43)45-21-11-14-36-12-7-9-19-44(36)45)42-28-22-35(23-29-42)39-26-32-47-49(34-39)52(41-17-5-2-6-18-41)48-33-27-37-13-8-10-20-46(37)50(47)48/h1-34H. The van der Waals surface area contributed by atoms with Crippen LogP contribution < -0.4 is 4.90 Å². The Kier molecular flexibility index (Phi) is 7.18. The van der Waals surface area contributed by atoms with Crippen LogP contribution in [-0.2, 0) is 0 Å². The molecule has 0 unspecified atom stereocenters. The van der Waals surface area contributed by atoms with Crippen molar-refractivity contribution >= 4 is 60.4 Å². The highest BCUT2D eigenvalue weighted by molar-refractivity contribution is 6.21. The number of fused-ring (bicyclic) bond motifs is 6. The average molecular weight is 663 g/mol. The fraction of sp³-hybridized carbons (Fsp3) is 0. The average Bonchev–Trinajstić information content (AvgIpc) is 3.56. The molecule has 2 heteroatoms. The minimum atomic E-state index is 1.11. The SMILES string of the molecule is c1ccc(N(c2ccc(-c3ccc4c5c6ccccc6ccc5n(-c5ccccc5)c4c3)cc2)c2ccc(-c3cccc4ccccc34)cc2)cc1. The summed E-state index contributed by atoms with van der Waals surface area (Å²) < 4.78 is 2.41. The monoisotopic (exact) mass is 662 g/mol. The molecule has 52 heavy (non-hydrogen) atoms. The van der Waals surface area contributed by atoms with Crippen molar-refractivity contribution in [2.45, 2.75) is 0 Å². The van der Waals surface area contributed by atoms with E-state index in [0.29, 0.717) is 0 Å². The molecule has 0 N–H and O–H groups in total. The Hall–Kier alpha value is -6.90. The normalized spacial score (nSPS) is 11.5. The molecule has 10 rings (SSSR count). The van der Waals surface area contributed by atoms with E-state index in [2.05, 4.69) is 216 Å². The van der Waals surface area contributed by atoms with Gasteiger partial charge in [0.2, 0.25) is 0 Å². The van der Waals surface area contributed by atoms with Gasteiger partial charge in [-0.1, -0.05) is 146 Å².